The third kappa shape index (κ3) is 4.94. The van der Waals surface area contributed by atoms with Gasteiger partial charge in [0.25, 0.3) is 0 Å². The van der Waals surface area contributed by atoms with E-state index in [0.29, 0.717) is 31.7 Å². The van der Waals surface area contributed by atoms with Gasteiger partial charge in [-0.15, -0.1) is 0 Å². The first-order chi connectivity index (χ1) is 14.7. The molecule has 166 valence electrons. The molecule has 9 heteroatoms. The molecule has 1 saturated heterocycles. The second kappa shape index (κ2) is 8.64. The van der Waals surface area contributed by atoms with Crippen LogP contribution < -0.4 is 4.72 Å². The van der Waals surface area contributed by atoms with Gasteiger partial charge in [0.05, 0.1) is 24.5 Å². The Morgan fingerprint density at radius 3 is 2.58 bits per heavy atom. The quantitative estimate of drug-likeness (QED) is 0.734. The summed E-state index contributed by atoms with van der Waals surface area (Å²) in [6, 6.07) is 10.8. The molecule has 2 aromatic carbocycles. The number of ether oxygens (including phenoxy) is 1. The molecule has 6 nitrogen and oxygen atoms in total. The molecule has 31 heavy (non-hydrogen) atoms. The van der Waals surface area contributed by atoms with Crippen molar-refractivity contribution in [2.75, 3.05) is 32.5 Å². The van der Waals surface area contributed by atoms with Crippen LogP contribution in [-0.4, -0.2) is 57.8 Å². The average molecular weight is 451 g/mol. The molecule has 0 aromatic heterocycles. The predicted octanol–water partition coefficient (Wildman–Crippen LogP) is 2.51. The maximum atomic E-state index is 14.4. The van der Waals surface area contributed by atoms with E-state index in [1.807, 2.05) is 6.07 Å². The summed E-state index contributed by atoms with van der Waals surface area (Å²) in [6.45, 7) is 1.16. The van der Waals surface area contributed by atoms with Gasteiger partial charge in [-0.25, -0.2) is 21.9 Å². The molecule has 1 heterocycles. The number of amides is 1. The van der Waals surface area contributed by atoms with Gasteiger partial charge in [0.15, 0.2) is 0 Å². The van der Waals surface area contributed by atoms with E-state index in [4.69, 9.17) is 4.74 Å². The van der Waals surface area contributed by atoms with E-state index in [-0.39, 0.29) is 29.9 Å². The Morgan fingerprint density at radius 1 is 1.16 bits per heavy atom. The van der Waals surface area contributed by atoms with Gasteiger partial charge in [-0.3, -0.25) is 4.79 Å². The van der Waals surface area contributed by atoms with Crippen molar-refractivity contribution in [3.05, 3.63) is 59.7 Å². The number of sulfonamides is 1. The smallest absolute Gasteiger partial charge is 0.226 e. The van der Waals surface area contributed by atoms with Crippen molar-refractivity contribution in [3.8, 4) is 11.1 Å². The number of nitrogens with one attached hydrogen (secondary N) is 1. The zero-order valence-electron chi connectivity index (χ0n) is 17.1. The van der Waals surface area contributed by atoms with Gasteiger partial charge in [-0.05, 0) is 35.6 Å². The van der Waals surface area contributed by atoms with Crippen LogP contribution in [0.15, 0.2) is 42.5 Å². The zero-order chi connectivity index (χ0) is 22.2. The summed E-state index contributed by atoms with van der Waals surface area (Å²) in [5.74, 6) is -1.69. The van der Waals surface area contributed by atoms with Gasteiger partial charge >= 0.3 is 0 Å². The van der Waals surface area contributed by atoms with Gasteiger partial charge in [-0.2, -0.15) is 0 Å². The number of halogens is 2. The fourth-order valence-corrected chi connectivity index (χ4v) is 4.63. The second-order valence-corrected chi connectivity index (χ2v) is 9.86. The highest BCUT2D eigenvalue weighted by molar-refractivity contribution is 7.88. The molecular formula is C22H24F2N2O4S. The van der Waals surface area contributed by atoms with Gasteiger partial charge in [0, 0.05) is 25.6 Å². The molecule has 1 aliphatic heterocycles. The Bertz CT molecular complexity index is 1070. The Labute approximate surface area is 180 Å². The van der Waals surface area contributed by atoms with Crippen molar-refractivity contribution in [1.82, 2.24) is 9.62 Å². The summed E-state index contributed by atoms with van der Waals surface area (Å²) < 4.78 is 59.3. The molecule has 0 radical (unpaired) electrons. The molecule has 3 atom stereocenters. The van der Waals surface area contributed by atoms with Crippen LogP contribution in [0.3, 0.4) is 0 Å². The maximum absolute atomic E-state index is 14.4. The lowest BCUT2D eigenvalue weighted by molar-refractivity contribution is -0.139. The Kier molecular flexibility index (Phi) is 6.09. The minimum Gasteiger partial charge on any atom is -0.373 e. The molecule has 0 bridgehead atoms. The van der Waals surface area contributed by atoms with E-state index in [2.05, 4.69) is 4.72 Å². The first-order valence-corrected chi connectivity index (χ1v) is 12.0. The minimum atomic E-state index is -3.34. The lowest BCUT2D eigenvalue weighted by atomic mass is 9.95. The largest absolute Gasteiger partial charge is 0.373 e. The van der Waals surface area contributed by atoms with E-state index >= 15 is 0 Å². The standard InChI is InChI=1S/C22H24F2N2O4S/c1-31(28,29)25-12-14-13-26(9-10-30-14)22(27)18-11-17(18)15-5-2-3-6-16(15)21-19(23)7-4-8-20(21)24/h2-8,14,17-18,25H,9-13H2,1H3/t14-,17-,18+/m0/s1. The van der Waals surface area contributed by atoms with Gasteiger partial charge in [-0.1, -0.05) is 30.3 Å². The Balaban J connectivity index is 1.48. The lowest BCUT2D eigenvalue weighted by Crippen LogP contribution is -2.50. The second-order valence-electron chi connectivity index (χ2n) is 8.03. The third-order valence-electron chi connectivity index (χ3n) is 5.72. The van der Waals surface area contributed by atoms with Crippen LogP contribution in [-0.2, 0) is 19.6 Å². The summed E-state index contributed by atoms with van der Waals surface area (Å²) in [5.41, 5.74) is 1.15. The molecule has 2 fully saturated rings. The van der Waals surface area contributed by atoms with E-state index in [1.54, 1.807) is 23.1 Å². The third-order valence-corrected chi connectivity index (χ3v) is 6.41. The van der Waals surface area contributed by atoms with Crippen molar-refractivity contribution in [2.24, 2.45) is 5.92 Å². The number of nitrogens with zero attached hydrogens (tertiary/aromatic N) is 1. The van der Waals surface area contributed by atoms with E-state index in [0.717, 1.165) is 11.8 Å². The number of benzene rings is 2. The Hall–Kier alpha value is -2.36. The number of rotatable bonds is 6. The summed E-state index contributed by atoms with van der Waals surface area (Å²) in [7, 11) is -3.34. The number of morpholine rings is 1. The van der Waals surface area contributed by atoms with Crippen LogP contribution in [0, 0.1) is 17.6 Å². The minimum absolute atomic E-state index is 0.0403. The van der Waals surface area contributed by atoms with Crippen LogP contribution in [0.5, 0.6) is 0 Å². The fraction of sp³-hybridized carbons (Fsp3) is 0.409. The van der Waals surface area contributed by atoms with E-state index in [1.165, 1.54) is 18.2 Å². The van der Waals surface area contributed by atoms with Gasteiger partial charge < -0.3 is 9.64 Å². The van der Waals surface area contributed by atoms with Crippen molar-refractivity contribution in [1.29, 1.82) is 0 Å². The summed E-state index contributed by atoms with van der Waals surface area (Å²) >= 11 is 0. The van der Waals surface area contributed by atoms with Crippen LogP contribution in [0.4, 0.5) is 8.78 Å². The number of hydrogen-bond acceptors (Lipinski definition) is 4. The first kappa shape index (κ1) is 21.9. The summed E-state index contributed by atoms with van der Waals surface area (Å²) in [5, 5.41) is 0. The highest BCUT2D eigenvalue weighted by Crippen LogP contribution is 2.51. The van der Waals surface area contributed by atoms with E-state index < -0.39 is 27.8 Å². The lowest BCUT2D eigenvalue weighted by Gasteiger charge is -2.33. The molecule has 0 spiro atoms. The topological polar surface area (TPSA) is 75.7 Å². The van der Waals surface area contributed by atoms with E-state index in [9.17, 15) is 22.0 Å². The van der Waals surface area contributed by atoms with Crippen molar-refractivity contribution in [2.45, 2.75) is 18.4 Å². The highest BCUT2D eigenvalue weighted by Gasteiger charge is 2.47. The average Bonchev–Trinajstić information content (AvgIpc) is 3.52. The zero-order valence-corrected chi connectivity index (χ0v) is 17.9. The van der Waals surface area contributed by atoms with Crippen molar-refractivity contribution in [3.63, 3.8) is 0 Å². The summed E-state index contributed by atoms with van der Waals surface area (Å²) in [4.78, 5) is 14.7. The SMILES string of the molecule is CS(=O)(=O)NC[C@H]1CN(C(=O)[C@@H]2C[C@H]2c2ccccc2-c2c(F)cccc2F)CCO1. The molecule has 1 aliphatic carbocycles. The van der Waals surface area contributed by atoms with Crippen LogP contribution in [0.2, 0.25) is 0 Å². The fourth-order valence-electron chi connectivity index (χ4n) is 4.14. The molecule has 4 rings (SSSR count). The molecular weight excluding hydrogens is 426 g/mol. The normalized spacial score (nSPS) is 23.6. The summed E-state index contributed by atoms with van der Waals surface area (Å²) in [6.07, 6.45) is 1.27. The molecule has 1 N–H and O–H groups in total. The van der Waals surface area contributed by atoms with Gasteiger partial charge in [0.1, 0.15) is 11.6 Å². The Morgan fingerprint density at radius 2 is 1.87 bits per heavy atom. The van der Waals surface area contributed by atoms with Crippen LogP contribution in [0.1, 0.15) is 17.9 Å². The monoisotopic (exact) mass is 450 g/mol. The number of hydrogen-bond donors (Lipinski definition) is 1. The predicted molar refractivity (Wildman–Crippen MR) is 112 cm³/mol. The molecule has 1 saturated carbocycles. The van der Waals surface area contributed by atoms with Crippen molar-refractivity contribution < 1.29 is 26.7 Å². The molecule has 1 amide bonds. The maximum Gasteiger partial charge on any atom is 0.226 e. The first-order valence-electron chi connectivity index (χ1n) is 10.1. The van der Waals surface area contributed by atoms with Crippen LogP contribution in [0.25, 0.3) is 11.1 Å². The molecule has 2 aliphatic rings. The van der Waals surface area contributed by atoms with Gasteiger partial charge in [0.2, 0.25) is 15.9 Å². The van der Waals surface area contributed by atoms with Crippen molar-refractivity contribution >= 4 is 15.9 Å². The molecule has 0 unspecified atom stereocenters. The highest BCUT2D eigenvalue weighted by atomic mass is 32.2. The molecule has 2 aromatic rings. The number of carbonyl (C=O) groups excluding carboxylic acids is 1. The number of carbonyl (C=O) groups is 1. The van der Waals surface area contributed by atoms with Crippen LogP contribution >= 0.6 is 0 Å².